The van der Waals surface area contributed by atoms with Crippen molar-refractivity contribution in [1.29, 1.82) is 0 Å². The van der Waals surface area contributed by atoms with Crippen molar-refractivity contribution < 1.29 is 47.5 Å². The maximum absolute atomic E-state index is 13.7. The summed E-state index contributed by atoms with van der Waals surface area (Å²) < 4.78 is 126. The van der Waals surface area contributed by atoms with E-state index in [1.165, 1.54) is 45.2 Å². The number of hydrogen-bond acceptors (Lipinski definition) is 5. The van der Waals surface area contributed by atoms with E-state index >= 15 is 0 Å². The Morgan fingerprint density at radius 3 is 1.48 bits per heavy atom. The predicted octanol–water partition coefficient (Wildman–Crippen LogP) is 3.61. The molecule has 0 aromatic heterocycles. The minimum absolute atomic E-state index is 0.232. The zero-order chi connectivity index (χ0) is 20.9. The zero-order valence-electron chi connectivity index (χ0n) is 12.1. The standard InChI is InChI=1S/C12H3F5I2O6S2/c13-6-7(14)9(16)12(10(17)8(6)15)27(23,24)25-3-1-4(18)11(5(19)2-3)26(20,21)22/h1-2H,(H,20,21,22). The van der Waals surface area contributed by atoms with Crippen molar-refractivity contribution in [1.82, 2.24) is 0 Å². The molecule has 0 bridgehead atoms. The highest BCUT2D eigenvalue weighted by Gasteiger charge is 2.35. The molecule has 0 saturated heterocycles. The van der Waals surface area contributed by atoms with Crippen LogP contribution in [0.15, 0.2) is 21.9 Å². The Morgan fingerprint density at radius 2 is 1.11 bits per heavy atom. The molecular weight excluding hydrogens is 653 g/mol. The molecule has 0 heterocycles. The van der Waals surface area contributed by atoms with E-state index in [9.17, 15) is 38.8 Å². The molecule has 0 saturated carbocycles. The second kappa shape index (κ2) is 7.56. The van der Waals surface area contributed by atoms with Crippen molar-refractivity contribution >= 4 is 65.4 Å². The highest BCUT2D eigenvalue weighted by atomic mass is 127. The van der Waals surface area contributed by atoms with E-state index in [1.807, 2.05) is 0 Å². The van der Waals surface area contributed by atoms with E-state index in [1.54, 1.807) is 0 Å². The van der Waals surface area contributed by atoms with Crippen molar-refractivity contribution in [2.24, 2.45) is 0 Å². The zero-order valence-corrected chi connectivity index (χ0v) is 18.1. The van der Waals surface area contributed by atoms with E-state index < -0.39 is 64.9 Å². The maximum Gasteiger partial charge on any atom is 0.345 e. The van der Waals surface area contributed by atoms with E-state index in [4.69, 9.17) is 4.55 Å². The van der Waals surface area contributed by atoms with Gasteiger partial charge in [-0.2, -0.15) is 16.8 Å². The van der Waals surface area contributed by atoms with Gasteiger partial charge in [-0.05, 0) is 57.3 Å². The fraction of sp³-hybridized carbons (Fsp3) is 0. The van der Waals surface area contributed by atoms with E-state index in [2.05, 4.69) is 4.18 Å². The molecule has 0 atom stereocenters. The van der Waals surface area contributed by atoms with Crippen LogP contribution in [-0.4, -0.2) is 21.4 Å². The van der Waals surface area contributed by atoms with E-state index in [-0.39, 0.29) is 7.14 Å². The number of hydrogen-bond donors (Lipinski definition) is 1. The first kappa shape index (κ1) is 22.5. The number of benzene rings is 2. The van der Waals surface area contributed by atoms with Gasteiger partial charge in [-0.15, -0.1) is 0 Å². The van der Waals surface area contributed by atoms with Crippen molar-refractivity contribution in [3.63, 3.8) is 0 Å². The fourth-order valence-electron chi connectivity index (χ4n) is 1.80. The Morgan fingerprint density at radius 1 is 0.741 bits per heavy atom. The molecule has 27 heavy (non-hydrogen) atoms. The Bertz CT molecular complexity index is 1120. The fourth-order valence-corrected chi connectivity index (χ4v) is 6.85. The molecule has 6 nitrogen and oxygen atoms in total. The molecule has 0 aliphatic heterocycles. The Balaban J connectivity index is 2.63. The molecule has 2 aromatic rings. The lowest BCUT2D eigenvalue weighted by atomic mass is 10.3. The first-order valence-electron chi connectivity index (χ1n) is 6.11. The van der Waals surface area contributed by atoms with Crippen LogP contribution in [0.5, 0.6) is 5.75 Å². The molecule has 2 rings (SSSR count). The summed E-state index contributed by atoms with van der Waals surface area (Å²) in [6, 6.07) is 1.52. The maximum atomic E-state index is 13.7. The molecule has 0 aliphatic carbocycles. The van der Waals surface area contributed by atoms with Crippen LogP contribution >= 0.6 is 45.2 Å². The first-order valence-corrected chi connectivity index (χ1v) is 11.1. The van der Waals surface area contributed by atoms with Gasteiger partial charge in [0.1, 0.15) is 10.6 Å². The van der Waals surface area contributed by atoms with Gasteiger partial charge >= 0.3 is 10.1 Å². The molecular formula is C12H3F5I2O6S2. The van der Waals surface area contributed by atoms with Crippen LogP contribution in [0.2, 0.25) is 0 Å². The smallest absolute Gasteiger partial charge is 0.345 e. The van der Waals surface area contributed by atoms with Gasteiger partial charge in [-0.1, -0.05) is 0 Å². The third-order valence-corrected chi connectivity index (χ3v) is 7.51. The summed E-state index contributed by atoms with van der Waals surface area (Å²) in [5, 5.41) is 0. The van der Waals surface area contributed by atoms with Crippen LogP contribution in [0.4, 0.5) is 22.0 Å². The van der Waals surface area contributed by atoms with Crippen LogP contribution < -0.4 is 4.18 Å². The van der Waals surface area contributed by atoms with Crippen LogP contribution in [-0.2, 0) is 20.2 Å². The minimum atomic E-state index is -5.53. The summed E-state index contributed by atoms with van der Waals surface area (Å²) in [4.78, 5) is -2.80. The van der Waals surface area contributed by atoms with Crippen LogP contribution in [0, 0.1) is 36.2 Å². The SMILES string of the molecule is O=S(=O)(O)c1c(I)cc(OS(=O)(=O)c2c(F)c(F)c(F)c(F)c2F)cc1I. The van der Waals surface area contributed by atoms with Gasteiger partial charge in [0, 0.05) is 7.14 Å². The summed E-state index contributed by atoms with van der Waals surface area (Å²) in [5.74, 6) is -13.5. The summed E-state index contributed by atoms with van der Waals surface area (Å²) >= 11 is 2.79. The average Bonchev–Trinajstić information content (AvgIpc) is 2.48. The highest BCUT2D eigenvalue weighted by Crippen LogP contribution is 2.32. The molecule has 0 unspecified atom stereocenters. The van der Waals surface area contributed by atoms with Crippen LogP contribution in [0.25, 0.3) is 0 Å². The summed E-state index contributed by atoms with van der Waals surface area (Å²) in [5.41, 5.74) is 0. The molecule has 0 fully saturated rings. The third kappa shape index (κ3) is 4.30. The topological polar surface area (TPSA) is 97.7 Å². The van der Waals surface area contributed by atoms with Gasteiger partial charge in [-0.25, -0.2) is 22.0 Å². The monoisotopic (exact) mass is 656 g/mol. The number of halogens is 7. The highest BCUT2D eigenvalue weighted by molar-refractivity contribution is 14.1. The van der Waals surface area contributed by atoms with Gasteiger partial charge in [0.2, 0.25) is 5.82 Å². The first-order chi connectivity index (χ1) is 12.2. The third-order valence-electron chi connectivity index (χ3n) is 2.86. The lowest BCUT2D eigenvalue weighted by Gasteiger charge is -2.12. The Labute approximate surface area is 175 Å². The molecule has 148 valence electrons. The Hall–Kier alpha value is -0.790. The van der Waals surface area contributed by atoms with Crippen molar-refractivity contribution in [3.05, 3.63) is 48.4 Å². The largest absolute Gasteiger partial charge is 0.379 e. The lowest BCUT2D eigenvalue weighted by Crippen LogP contribution is -2.18. The summed E-state index contributed by atoms with van der Waals surface area (Å²) in [6.45, 7) is 0. The molecule has 0 spiro atoms. The lowest BCUT2D eigenvalue weighted by molar-refractivity contribution is 0.352. The molecule has 0 radical (unpaired) electrons. The molecule has 2 aromatic carbocycles. The normalized spacial score (nSPS) is 12.3. The summed E-state index contributed by atoms with van der Waals surface area (Å²) in [7, 11) is -10.2. The molecule has 1 N–H and O–H groups in total. The number of rotatable bonds is 4. The Kier molecular flexibility index (Phi) is 6.30. The van der Waals surface area contributed by atoms with Gasteiger partial charge in [0.15, 0.2) is 28.2 Å². The van der Waals surface area contributed by atoms with Crippen molar-refractivity contribution in [2.75, 3.05) is 0 Å². The van der Waals surface area contributed by atoms with E-state index in [0.29, 0.717) is 0 Å². The molecule has 0 aliphatic rings. The van der Waals surface area contributed by atoms with Crippen molar-refractivity contribution in [3.8, 4) is 5.75 Å². The molecule has 15 heteroatoms. The van der Waals surface area contributed by atoms with Crippen LogP contribution in [0.3, 0.4) is 0 Å². The molecule has 0 amide bonds. The second-order valence-corrected chi connectivity index (χ2v) is 9.79. The van der Waals surface area contributed by atoms with Gasteiger partial charge in [-0.3, -0.25) is 4.55 Å². The van der Waals surface area contributed by atoms with Crippen molar-refractivity contribution in [2.45, 2.75) is 9.79 Å². The van der Waals surface area contributed by atoms with Gasteiger partial charge in [0.25, 0.3) is 10.1 Å². The quantitative estimate of drug-likeness (QED) is 0.135. The minimum Gasteiger partial charge on any atom is -0.379 e. The second-order valence-electron chi connectivity index (χ2n) is 4.63. The van der Waals surface area contributed by atoms with Crippen LogP contribution in [0.1, 0.15) is 0 Å². The van der Waals surface area contributed by atoms with Gasteiger partial charge in [0.05, 0.1) is 0 Å². The van der Waals surface area contributed by atoms with Gasteiger partial charge < -0.3 is 4.18 Å². The summed E-state index contributed by atoms with van der Waals surface area (Å²) in [6.07, 6.45) is 0. The average molecular weight is 656 g/mol. The van der Waals surface area contributed by atoms with E-state index in [0.717, 1.165) is 12.1 Å². The predicted molar refractivity (Wildman–Crippen MR) is 95.7 cm³/mol.